The van der Waals surface area contributed by atoms with Crippen LogP contribution in [0.1, 0.15) is 28.5 Å². The summed E-state index contributed by atoms with van der Waals surface area (Å²) in [6.07, 6.45) is -1.81. The molecular formula is C35H37IN2O8. The summed E-state index contributed by atoms with van der Waals surface area (Å²) >= 11 is 2.01. The van der Waals surface area contributed by atoms with Crippen molar-refractivity contribution in [3.05, 3.63) is 140 Å². The lowest BCUT2D eigenvalue weighted by Crippen LogP contribution is -2.60. The summed E-state index contributed by atoms with van der Waals surface area (Å²) in [6.45, 7) is 2.48. The van der Waals surface area contributed by atoms with Crippen molar-refractivity contribution in [3.63, 3.8) is 0 Å². The van der Waals surface area contributed by atoms with E-state index in [1.54, 1.807) is 6.92 Å². The van der Waals surface area contributed by atoms with Crippen LogP contribution in [-0.2, 0) is 48.3 Å². The molecule has 1 N–H and O–H groups in total. The molecule has 242 valence electrons. The fourth-order valence-corrected chi connectivity index (χ4v) is 6.51. The highest BCUT2D eigenvalue weighted by molar-refractivity contribution is 14.1. The number of carbonyl (C=O) groups is 1. The van der Waals surface area contributed by atoms with Gasteiger partial charge >= 0.3 is 11.7 Å². The van der Waals surface area contributed by atoms with Gasteiger partial charge in [0.25, 0.3) is 5.56 Å². The molecule has 6 atom stereocenters. The van der Waals surface area contributed by atoms with Crippen molar-refractivity contribution in [1.29, 1.82) is 0 Å². The minimum absolute atomic E-state index is 0.101. The van der Waals surface area contributed by atoms with Crippen LogP contribution in [0.4, 0.5) is 0 Å². The van der Waals surface area contributed by atoms with Crippen LogP contribution < -0.4 is 11.2 Å². The summed E-state index contributed by atoms with van der Waals surface area (Å²) < 4.78 is 31.8. The quantitative estimate of drug-likeness (QED) is 0.119. The number of H-pyrrole nitrogens is 1. The zero-order valence-electron chi connectivity index (χ0n) is 25.6. The van der Waals surface area contributed by atoms with Gasteiger partial charge in [-0.05, 0) is 23.6 Å². The smallest absolute Gasteiger partial charge is 0.330 e. The number of benzene rings is 3. The number of nitrogens with zero attached hydrogens (tertiary/aromatic N) is 1. The summed E-state index contributed by atoms with van der Waals surface area (Å²) in [5.74, 6) is -1.28. The maximum Gasteiger partial charge on any atom is 0.330 e. The molecule has 0 aliphatic carbocycles. The third-order valence-electron chi connectivity index (χ3n) is 7.86. The largest absolute Gasteiger partial charge is 0.468 e. The Kier molecular flexibility index (Phi) is 11.9. The van der Waals surface area contributed by atoms with Crippen LogP contribution >= 0.6 is 22.6 Å². The topological polar surface area (TPSA) is 118 Å². The monoisotopic (exact) mass is 740 g/mol. The van der Waals surface area contributed by atoms with Gasteiger partial charge in [-0.2, -0.15) is 0 Å². The molecule has 0 saturated carbocycles. The number of aromatic nitrogens is 2. The van der Waals surface area contributed by atoms with Crippen molar-refractivity contribution in [2.75, 3.05) is 13.7 Å². The Morgan fingerprint density at radius 1 is 0.848 bits per heavy atom. The molecule has 1 aliphatic rings. The van der Waals surface area contributed by atoms with Gasteiger partial charge in [0.1, 0.15) is 22.4 Å². The number of nitrogens with one attached hydrogen (secondary N) is 1. The van der Waals surface area contributed by atoms with Crippen LogP contribution in [0.15, 0.2) is 107 Å². The number of aromatic amines is 1. The summed E-state index contributed by atoms with van der Waals surface area (Å²) in [6, 6.07) is 29.1. The number of methoxy groups -OCH3 is 1. The fraction of sp³-hybridized carbons (Fsp3) is 0.343. The molecule has 0 radical (unpaired) electrons. The number of hydrogen-bond donors (Lipinski definition) is 1. The van der Waals surface area contributed by atoms with E-state index >= 15 is 0 Å². The van der Waals surface area contributed by atoms with Crippen LogP contribution in [0, 0.1) is 12.8 Å². The number of carbonyl (C=O) groups excluding carboxylic acids is 1. The maximum atomic E-state index is 13.3. The van der Waals surface area contributed by atoms with Crippen molar-refractivity contribution in [2.24, 2.45) is 5.92 Å². The van der Waals surface area contributed by atoms with Gasteiger partial charge < -0.3 is 23.7 Å². The van der Waals surface area contributed by atoms with E-state index in [0.29, 0.717) is 12.2 Å². The molecule has 10 nitrogen and oxygen atoms in total. The number of ether oxygens (including phenoxy) is 5. The van der Waals surface area contributed by atoms with Crippen molar-refractivity contribution in [1.82, 2.24) is 9.55 Å². The minimum Gasteiger partial charge on any atom is -0.468 e. The minimum atomic E-state index is -1.04. The second-order valence-corrected chi connectivity index (χ2v) is 12.4. The molecule has 46 heavy (non-hydrogen) atoms. The third kappa shape index (κ3) is 8.39. The first-order valence-electron chi connectivity index (χ1n) is 15.0. The first kappa shape index (κ1) is 33.7. The molecule has 1 fully saturated rings. The van der Waals surface area contributed by atoms with E-state index in [9.17, 15) is 14.4 Å². The lowest BCUT2D eigenvalue weighted by Gasteiger charge is -2.47. The van der Waals surface area contributed by atoms with E-state index in [4.69, 9.17) is 23.7 Å². The van der Waals surface area contributed by atoms with Gasteiger partial charge in [-0.1, -0.05) is 114 Å². The van der Waals surface area contributed by atoms with E-state index in [1.165, 1.54) is 17.9 Å². The second kappa shape index (κ2) is 16.3. The molecule has 0 spiro atoms. The zero-order chi connectivity index (χ0) is 32.5. The SMILES string of the molecule is COC(=O)[C@@H](I)[C@@H]1[C@@H](OCc2ccccc2)[C@H](OCc2ccccc2)[C@@H](COCc2ccccc2)O[C@H]1n1cc(C)c(=O)[nH]c1=O. The third-order valence-corrected chi connectivity index (χ3v) is 9.20. The van der Waals surface area contributed by atoms with Gasteiger partial charge in [0.05, 0.1) is 45.6 Å². The Labute approximate surface area is 280 Å². The van der Waals surface area contributed by atoms with E-state index in [1.807, 2.05) is 114 Å². The molecule has 0 unspecified atom stereocenters. The Bertz CT molecular complexity index is 1670. The first-order chi connectivity index (χ1) is 22.4. The molecule has 11 heteroatoms. The predicted molar refractivity (Wildman–Crippen MR) is 179 cm³/mol. The number of halogens is 1. The van der Waals surface area contributed by atoms with E-state index in [2.05, 4.69) is 4.98 Å². The lowest BCUT2D eigenvalue weighted by molar-refractivity contribution is -0.263. The second-order valence-electron chi connectivity index (χ2n) is 11.1. The Morgan fingerprint density at radius 3 is 1.91 bits per heavy atom. The first-order valence-corrected chi connectivity index (χ1v) is 16.2. The number of hydrogen-bond acceptors (Lipinski definition) is 8. The number of aryl methyl sites for hydroxylation is 1. The van der Waals surface area contributed by atoms with Crippen LogP contribution in [0.2, 0.25) is 0 Å². The summed E-state index contributed by atoms with van der Waals surface area (Å²) in [4.78, 5) is 41.1. The number of alkyl halides is 1. The lowest BCUT2D eigenvalue weighted by atomic mass is 9.86. The predicted octanol–water partition coefficient (Wildman–Crippen LogP) is 4.72. The maximum absolute atomic E-state index is 13.3. The van der Waals surface area contributed by atoms with Gasteiger partial charge in [-0.25, -0.2) is 4.79 Å². The van der Waals surface area contributed by atoms with Gasteiger partial charge in [0.15, 0.2) is 0 Å². The molecule has 5 rings (SSSR count). The van der Waals surface area contributed by atoms with E-state index < -0.39 is 51.6 Å². The average Bonchev–Trinajstić information content (AvgIpc) is 3.08. The van der Waals surface area contributed by atoms with E-state index in [-0.39, 0.29) is 19.8 Å². The normalized spacial score (nSPS) is 21.8. The fourth-order valence-electron chi connectivity index (χ4n) is 5.49. The molecule has 3 aromatic carbocycles. The van der Waals surface area contributed by atoms with Gasteiger partial charge in [0, 0.05) is 11.8 Å². The summed E-state index contributed by atoms with van der Waals surface area (Å²) in [5.41, 5.74) is 1.98. The molecule has 0 bridgehead atoms. The highest BCUT2D eigenvalue weighted by Gasteiger charge is 2.53. The molecule has 1 aliphatic heterocycles. The van der Waals surface area contributed by atoms with E-state index in [0.717, 1.165) is 16.7 Å². The standard InChI is InChI=1S/C35H37IN2O8/c1-23-18-38(35(41)37-32(23)39)33-28(29(36)34(40)42-2)31(45-21-26-16-10-5-11-17-26)30(44-20-25-14-8-4-9-15-25)27(46-33)22-43-19-24-12-6-3-7-13-24/h3-18,27-31,33H,19-22H2,1-2H3,(H,37,39,41)/t27-,28-,29+,30-,31-,33-/m1/s1. The van der Waals surface area contributed by atoms with Crippen LogP contribution in [0.25, 0.3) is 0 Å². The van der Waals surface area contributed by atoms with Crippen molar-refractivity contribution in [3.8, 4) is 0 Å². The molecule has 1 saturated heterocycles. The Hall–Kier alpha value is -3.62. The van der Waals surface area contributed by atoms with Crippen LogP contribution in [0.5, 0.6) is 0 Å². The molecule has 1 aromatic heterocycles. The molecule has 2 heterocycles. The highest BCUT2D eigenvalue weighted by atomic mass is 127. The molecular weight excluding hydrogens is 703 g/mol. The van der Waals surface area contributed by atoms with Crippen molar-refractivity contribution >= 4 is 28.6 Å². The van der Waals surface area contributed by atoms with Crippen LogP contribution in [-0.4, -0.2) is 51.5 Å². The number of rotatable bonds is 13. The van der Waals surface area contributed by atoms with Crippen molar-refractivity contribution in [2.45, 2.75) is 55.2 Å². The van der Waals surface area contributed by atoms with Crippen molar-refractivity contribution < 1.29 is 28.5 Å². The van der Waals surface area contributed by atoms with Gasteiger partial charge in [-0.15, -0.1) is 0 Å². The van der Waals surface area contributed by atoms with Gasteiger partial charge in [0.2, 0.25) is 0 Å². The zero-order valence-corrected chi connectivity index (χ0v) is 27.8. The molecule has 4 aromatic rings. The van der Waals surface area contributed by atoms with Gasteiger partial charge in [-0.3, -0.25) is 19.1 Å². The molecule has 0 amide bonds. The average molecular weight is 741 g/mol. The van der Waals surface area contributed by atoms with Crippen LogP contribution in [0.3, 0.4) is 0 Å². The number of esters is 1. The summed E-state index contributed by atoms with van der Waals surface area (Å²) in [7, 11) is 1.31. The Balaban J connectivity index is 1.57. The summed E-state index contributed by atoms with van der Waals surface area (Å²) in [5, 5.41) is 0. The Morgan fingerprint density at radius 2 is 1.37 bits per heavy atom. The highest BCUT2D eigenvalue weighted by Crippen LogP contribution is 2.41.